The van der Waals surface area contributed by atoms with Crippen LogP contribution in [0.1, 0.15) is 5.56 Å². The summed E-state index contributed by atoms with van der Waals surface area (Å²) >= 11 is 5.87. The number of nitrogens with two attached hydrogens (primary N) is 1. The average Bonchev–Trinajstić information content (AvgIpc) is 2.35. The second-order valence-electron chi connectivity index (χ2n) is 3.50. The van der Waals surface area contributed by atoms with Gasteiger partial charge in [0, 0.05) is 6.20 Å². The largest absolute Gasteiger partial charge is 0.396 e. The molecule has 4 nitrogen and oxygen atoms in total. The third kappa shape index (κ3) is 2.34. The molecule has 0 aliphatic heterocycles. The number of nitrogens with zero attached hydrogens (tertiary/aromatic N) is 2. The van der Waals surface area contributed by atoms with Crippen LogP contribution in [0.4, 0.5) is 21.6 Å². The number of hydrogen-bond acceptors (Lipinski definition) is 4. The van der Waals surface area contributed by atoms with Gasteiger partial charge in [-0.2, -0.15) is 5.26 Å². The van der Waals surface area contributed by atoms with Gasteiger partial charge in [-0.3, -0.25) is 0 Å². The molecule has 0 fully saturated rings. The summed E-state index contributed by atoms with van der Waals surface area (Å²) in [6.07, 6.45) is 1.34. The minimum absolute atomic E-state index is 0.100. The van der Waals surface area contributed by atoms with Gasteiger partial charge in [-0.05, 0) is 18.2 Å². The van der Waals surface area contributed by atoms with E-state index >= 15 is 0 Å². The zero-order valence-corrected chi connectivity index (χ0v) is 9.87. The lowest BCUT2D eigenvalue weighted by Gasteiger charge is -2.10. The van der Waals surface area contributed by atoms with Gasteiger partial charge < -0.3 is 11.1 Å². The summed E-state index contributed by atoms with van der Waals surface area (Å²) in [4.78, 5) is 3.94. The standard InChI is InChI=1S/C12H8ClFN4/c13-8-2-1-3-9(14)11(8)18-12-10(16)4-7(5-15)6-17-12/h1-4,6H,16H2,(H,17,18). The Morgan fingerprint density at radius 1 is 1.44 bits per heavy atom. The third-order valence-electron chi connectivity index (χ3n) is 2.25. The topological polar surface area (TPSA) is 74.7 Å². The van der Waals surface area contributed by atoms with Crippen LogP contribution in [0.3, 0.4) is 0 Å². The fourth-order valence-electron chi connectivity index (χ4n) is 1.38. The lowest BCUT2D eigenvalue weighted by molar-refractivity contribution is 0.632. The molecule has 0 radical (unpaired) electrons. The van der Waals surface area contributed by atoms with E-state index in [1.54, 1.807) is 6.07 Å². The first kappa shape index (κ1) is 12.1. The van der Waals surface area contributed by atoms with Gasteiger partial charge in [-0.1, -0.05) is 17.7 Å². The Balaban J connectivity index is 2.38. The van der Waals surface area contributed by atoms with Gasteiger partial charge >= 0.3 is 0 Å². The Bertz CT molecular complexity index is 616. The highest BCUT2D eigenvalue weighted by Crippen LogP contribution is 2.29. The molecule has 0 atom stereocenters. The first-order valence-electron chi connectivity index (χ1n) is 4.98. The fourth-order valence-corrected chi connectivity index (χ4v) is 1.59. The maximum absolute atomic E-state index is 13.5. The molecular weight excluding hydrogens is 255 g/mol. The highest BCUT2D eigenvalue weighted by atomic mass is 35.5. The van der Waals surface area contributed by atoms with E-state index in [0.29, 0.717) is 5.56 Å². The Kier molecular flexibility index (Phi) is 3.31. The number of halogens is 2. The van der Waals surface area contributed by atoms with Crippen molar-refractivity contribution in [1.29, 1.82) is 5.26 Å². The summed E-state index contributed by atoms with van der Waals surface area (Å²) in [6.45, 7) is 0. The summed E-state index contributed by atoms with van der Waals surface area (Å²) < 4.78 is 13.5. The Labute approximate surface area is 108 Å². The van der Waals surface area contributed by atoms with Crippen LogP contribution in [0.5, 0.6) is 0 Å². The molecule has 18 heavy (non-hydrogen) atoms. The normalized spacial score (nSPS) is 9.83. The maximum atomic E-state index is 13.5. The summed E-state index contributed by atoms with van der Waals surface area (Å²) in [6, 6.07) is 7.68. The molecule has 0 bridgehead atoms. The summed E-state index contributed by atoms with van der Waals surface area (Å²) in [7, 11) is 0. The molecule has 2 aromatic rings. The number of nitrogens with one attached hydrogen (secondary N) is 1. The number of anilines is 3. The number of aromatic nitrogens is 1. The second kappa shape index (κ2) is 4.90. The molecule has 90 valence electrons. The molecule has 1 heterocycles. The van der Waals surface area contributed by atoms with Crippen molar-refractivity contribution < 1.29 is 4.39 Å². The summed E-state index contributed by atoms with van der Waals surface area (Å²) in [5.74, 6) is -0.256. The predicted octanol–water partition coefficient (Wildman–Crippen LogP) is 3.07. The number of nitrogen functional groups attached to an aromatic ring is 1. The van der Waals surface area contributed by atoms with Crippen molar-refractivity contribution in [1.82, 2.24) is 4.98 Å². The van der Waals surface area contributed by atoms with E-state index in [-0.39, 0.29) is 22.2 Å². The Morgan fingerprint density at radius 2 is 2.22 bits per heavy atom. The van der Waals surface area contributed by atoms with Crippen molar-refractivity contribution in [2.24, 2.45) is 0 Å². The lowest BCUT2D eigenvalue weighted by atomic mass is 10.2. The predicted molar refractivity (Wildman–Crippen MR) is 68.1 cm³/mol. The van der Waals surface area contributed by atoms with Crippen LogP contribution in [-0.2, 0) is 0 Å². The van der Waals surface area contributed by atoms with Crippen molar-refractivity contribution in [3.05, 3.63) is 46.9 Å². The zero-order chi connectivity index (χ0) is 13.1. The highest BCUT2D eigenvalue weighted by Gasteiger charge is 2.09. The monoisotopic (exact) mass is 262 g/mol. The summed E-state index contributed by atoms with van der Waals surface area (Å²) in [5.41, 5.74) is 6.38. The van der Waals surface area contributed by atoms with Gasteiger partial charge in [-0.25, -0.2) is 9.37 Å². The van der Waals surface area contributed by atoms with E-state index in [9.17, 15) is 4.39 Å². The molecule has 0 amide bonds. The number of rotatable bonds is 2. The van der Waals surface area contributed by atoms with Crippen molar-refractivity contribution in [3.8, 4) is 6.07 Å². The van der Waals surface area contributed by atoms with Crippen LogP contribution in [-0.4, -0.2) is 4.98 Å². The van der Waals surface area contributed by atoms with Crippen LogP contribution in [0.15, 0.2) is 30.5 Å². The van der Waals surface area contributed by atoms with Gasteiger partial charge in [0.05, 0.1) is 22.0 Å². The Hall–Kier alpha value is -2.32. The number of hydrogen-bond donors (Lipinski definition) is 2. The molecule has 1 aromatic carbocycles. The van der Waals surface area contributed by atoms with Gasteiger partial charge in [-0.15, -0.1) is 0 Å². The van der Waals surface area contributed by atoms with E-state index in [4.69, 9.17) is 22.6 Å². The highest BCUT2D eigenvalue weighted by molar-refractivity contribution is 6.33. The van der Waals surface area contributed by atoms with Crippen LogP contribution in [0.25, 0.3) is 0 Å². The number of benzene rings is 1. The SMILES string of the molecule is N#Cc1cnc(Nc2c(F)cccc2Cl)c(N)c1. The minimum Gasteiger partial charge on any atom is -0.396 e. The van der Waals surface area contributed by atoms with Gasteiger partial charge in [0.1, 0.15) is 11.9 Å². The smallest absolute Gasteiger partial charge is 0.153 e. The van der Waals surface area contributed by atoms with E-state index in [1.165, 1.54) is 24.4 Å². The molecule has 0 aliphatic carbocycles. The minimum atomic E-state index is -0.506. The molecular formula is C12H8ClFN4. The first-order chi connectivity index (χ1) is 8.61. The van der Waals surface area contributed by atoms with Crippen molar-refractivity contribution in [2.45, 2.75) is 0 Å². The van der Waals surface area contributed by atoms with E-state index in [1.807, 2.05) is 6.07 Å². The molecule has 0 saturated carbocycles. The average molecular weight is 263 g/mol. The van der Waals surface area contributed by atoms with Crippen LogP contribution < -0.4 is 11.1 Å². The molecule has 0 unspecified atom stereocenters. The quantitative estimate of drug-likeness (QED) is 0.872. The van der Waals surface area contributed by atoms with Crippen LogP contribution in [0, 0.1) is 17.1 Å². The fraction of sp³-hybridized carbons (Fsp3) is 0. The molecule has 3 N–H and O–H groups in total. The van der Waals surface area contributed by atoms with E-state index in [0.717, 1.165) is 0 Å². The first-order valence-corrected chi connectivity index (χ1v) is 5.36. The molecule has 6 heteroatoms. The summed E-state index contributed by atoms with van der Waals surface area (Å²) in [5, 5.41) is 11.6. The second-order valence-corrected chi connectivity index (χ2v) is 3.90. The molecule has 2 rings (SSSR count). The maximum Gasteiger partial charge on any atom is 0.153 e. The Morgan fingerprint density at radius 3 is 2.83 bits per heavy atom. The van der Waals surface area contributed by atoms with E-state index in [2.05, 4.69) is 10.3 Å². The molecule has 0 saturated heterocycles. The van der Waals surface area contributed by atoms with E-state index < -0.39 is 5.82 Å². The number of para-hydroxylation sites is 1. The van der Waals surface area contributed by atoms with Crippen molar-refractivity contribution >= 4 is 28.8 Å². The lowest BCUT2D eigenvalue weighted by Crippen LogP contribution is -2.01. The van der Waals surface area contributed by atoms with Crippen LogP contribution in [0.2, 0.25) is 5.02 Å². The molecule has 0 spiro atoms. The van der Waals surface area contributed by atoms with Gasteiger partial charge in [0.25, 0.3) is 0 Å². The van der Waals surface area contributed by atoms with Gasteiger partial charge in [0.2, 0.25) is 0 Å². The van der Waals surface area contributed by atoms with Crippen LogP contribution >= 0.6 is 11.6 Å². The number of nitriles is 1. The van der Waals surface area contributed by atoms with Crippen molar-refractivity contribution in [2.75, 3.05) is 11.1 Å². The van der Waals surface area contributed by atoms with Crippen molar-refractivity contribution in [3.63, 3.8) is 0 Å². The number of pyridine rings is 1. The van der Waals surface area contributed by atoms with Gasteiger partial charge in [0.15, 0.2) is 5.82 Å². The third-order valence-corrected chi connectivity index (χ3v) is 2.57. The zero-order valence-electron chi connectivity index (χ0n) is 9.11. The molecule has 1 aromatic heterocycles. The molecule has 0 aliphatic rings.